The summed E-state index contributed by atoms with van der Waals surface area (Å²) < 4.78 is 0. The Morgan fingerprint density at radius 3 is 2.53 bits per heavy atom. The molecule has 1 saturated carbocycles. The molecule has 0 radical (unpaired) electrons. The summed E-state index contributed by atoms with van der Waals surface area (Å²) in [5.74, 6) is 3.80. The first-order valence-corrected chi connectivity index (χ1v) is 7.71. The minimum Gasteiger partial charge on any atom is -0.0887 e. The summed E-state index contributed by atoms with van der Waals surface area (Å²) in [5, 5.41) is 0. The van der Waals surface area contributed by atoms with E-state index in [2.05, 4.69) is 40.7 Å². The van der Waals surface area contributed by atoms with Crippen LogP contribution in [-0.4, -0.2) is 0 Å². The molecule has 0 bridgehead atoms. The van der Waals surface area contributed by atoms with Crippen molar-refractivity contribution < 1.29 is 0 Å². The summed E-state index contributed by atoms with van der Waals surface area (Å²) in [7, 11) is 0. The molecular weight excluding hydrogens is 204 g/mol. The Labute approximate surface area is 109 Å². The third-order valence-electron chi connectivity index (χ3n) is 5.08. The third-order valence-corrected chi connectivity index (χ3v) is 5.08. The maximum absolute atomic E-state index is 2.52. The maximum atomic E-state index is 2.52. The Hall–Kier alpha value is -0.260. The Morgan fingerprint density at radius 1 is 1.35 bits per heavy atom. The van der Waals surface area contributed by atoms with Crippen LogP contribution in [-0.2, 0) is 0 Å². The molecular formula is C17H32. The van der Waals surface area contributed by atoms with Crippen molar-refractivity contribution in [2.24, 2.45) is 23.7 Å². The Kier molecular flexibility index (Phi) is 6.30. The van der Waals surface area contributed by atoms with Gasteiger partial charge in [0, 0.05) is 0 Å². The summed E-state index contributed by atoms with van der Waals surface area (Å²) in [6.07, 6.45) is 10.8. The minimum atomic E-state index is 0.918. The van der Waals surface area contributed by atoms with E-state index in [1.807, 2.05) is 0 Å². The van der Waals surface area contributed by atoms with E-state index in [4.69, 9.17) is 0 Å². The van der Waals surface area contributed by atoms with Gasteiger partial charge in [-0.05, 0) is 50.4 Å². The molecule has 0 amide bonds. The van der Waals surface area contributed by atoms with Crippen LogP contribution >= 0.6 is 0 Å². The van der Waals surface area contributed by atoms with Gasteiger partial charge in [-0.3, -0.25) is 0 Å². The van der Waals surface area contributed by atoms with Crippen molar-refractivity contribution in [1.29, 1.82) is 0 Å². The molecule has 0 heteroatoms. The second-order valence-corrected chi connectivity index (χ2v) is 6.32. The second kappa shape index (κ2) is 7.24. The van der Waals surface area contributed by atoms with Crippen molar-refractivity contribution in [3.8, 4) is 0 Å². The molecule has 0 aromatic carbocycles. The third kappa shape index (κ3) is 4.16. The fourth-order valence-electron chi connectivity index (χ4n) is 3.76. The lowest BCUT2D eigenvalue weighted by Crippen LogP contribution is -2.23. The van der Waals surface area contributed by atoms with E-state index in [-0.39, 0.29) is 0 Å². The number of allylic oxidation sites excluding steroid dienone is 2. The summed E-state index contributed by atoms with van der Waals surface area (Å²) in [6, 6.07) is 0. The van der Waals surface area contributed by atoms with E-state index < -0.39 is 0 Å². The van der Waals surface area contributed by atoms with Crippen molar-refractivity contribution in [3.63, 3.8) is 0 Å². The van der Waals surface area contributed by atoms with Crippen LogP contribution in [0.15, 0.2) is 11.6 Å². The smallest absolute Gasteiger partial charge is 0.0292 e. The molecule has 0 N–H and O–H groups in total. The van der Waals surface area contributed by atoms with Crippen molar-refractivity contribution in [2.45, 2.75) is 73.1 Å². The standard InChI is InChI=1S/C17H32/c1-6-9-16(12-13(3)7-2)15(5)17-11-8-10-14(17)4/h7,14-17H,6,8-12H2,1-5H3/b13-7+. The van der Waals surface area contributed by atoms with Crippen LogP contribution in [0.5, 0.6) is 0 Å². The predicted molar refractivity (Wildman–Crippen MR) is 78.1 cm³/mol. The van der Waals surface area contributed by atoms with Gasteiger partial charge in [-0.2, -0.15) is 0 Å². The molecule has 1 fully saturated rings. The average Bonchev–Trinajstić information content (AvgIpc) is 2.73. The first-order chi connectivity index (χ1) is 8.10. The predicted octanol–water partition coefficient (Wildman–Crippen LogP) is 5.83. The first kappa shape index (κ1) is 14.8. The van der Waals surface area contributed by atoms with Gasteiger partial charge < -0.3 is 0 Å². The SMILES string of the molecule is C/C=C(\C)CC(CCC)C(C)C1CCCC1C. The Bertz CT molecular complexity index is 238. The van der Waals surface area contributed by atoms with E-state index >= 15 is 0 Å². The van der Waals surface area contributed by atoms with Gasteiger partial charge in [0.25, 0.3) is 0 Å². The molecule has 4 atom stereocenters. The van der Waals surface area contributed by atoms with E-state index in [0.29, 0.717) is 0 Å². The molecule has 1 aliphatic rings. The summed E-state index contributed by atoms with van der Waals surface area (Å²) in [6.45, 7) is 11.8. The van der Waals surface area contributed by atoms with Crippen molar-refractivity contribution in [3.05, 3.63) is 11.6 Å². The average molecular weight is 236 g/mol. The van der Waals surface area contributed by atoms with Gasteiger partial charge in [0.1, 0.15) is 0 Å². The van der Waals surface area contributed by atoms with Crippen LogP contribution in [0, 0.1) is 23.7 Å². The molecule has 0 nitrogen and oxygen atoms in total. The van der Waals surface area contributed by atoms with E-state index in [1.54, 1.807) is 5.57 Å². The highest BCUT2D eigenvalue weighted by Gasteiger charge is 2.32. The molecule has 0 aromatic rings. The maximum Gasteiger partial charge on any atom is -0.0292 e. The van der Waals surface area contributed by atoms with Crippen LogP contribution in [0.3, 0.4) is 0 Å². The van der Waals surface area contributed by atoms with E-state index in [9.17, 15) is 0 Å². The molecule has 1 rings (SSSR count). The van der Waals surface area contributed by atoms with Crippen LogP contribution < -0.4 is 0 Å². The van der Waals surface area contributed by atoms with Crippen LogP contribution in [0.4, 0.5) is 0 Å². The highest BCUT2D eigenvalue weighted by atomic mass is 14.4. The van der Waals surface area contributed by atoms with Gasteiger partial charge in [-0.1, -0.05) is 58.1 Å². The molecule has 0 aliphatic heterocycles. The molecule has 4 unspecified atom stereocenters. The van der Waals surface area contributed by atoms with Crippen molar-refractivity contribution >= 4 is 0 Å². The fraction of sp³-hybridized carbons (Fsp3) is 0.882. The van der Waals surface area contributed by atoms with E-state index in [0.717, 1.165) is 23.7 Å². The van der Waals surface area contributed by atoms with Crippen molar-refractivity contribution in [2.75, 3.05) is 0 Å². The zero-order valence-electron chi connectivity index (χ0n) is 12.6. The van der Waals surface area contributed by atoms with Gasteiger partial charge in [0.15, 0.2) is 0 Å². The molecule has 0 heterocycles. The zero-order chi connectivity index (χ0) is 12.8. The van der Waals surface area contributed by atoms with Gasteiger partial charge in [0.2, 0.25) is 0 Å². The van der Waals surface area contributed by atoms with Gasteiger partial charge in [0.05, 0.1) is 0 Å². The summed E-state index contributed by atoms with van der Waals surface area (Å²) >= 11 is 0. The lowest BCUT2D eigenvalue weighted by atomic mass is 9.74. The van der Waals surface area contributed by atoms with Crippen LogP contribution in [0.2, 0.25) is 0 Å². The summed E-state index contributed by atoms with van der Waals surface area (Å²) in [4.78, 5) is 0. The number of hydrogen-bond acceptors (Lipinski definition) is 0. The number of hydrogen-bond donors (Lipinski definition) is 0. The van der Waals surface area contributed by atoms with Gasteiger partial charge >= 0.3 is 0 Å². The quantitative estimate of drug-likeness (QED) is 0.509. The first-order valence-electron chi connectivity index (χ1n) is 7.71. The fourth-order valence-corrected chi connectivity index (χ4v) is 3.76. The van der Waals surface area contributed by atoms with Crippen LogP contribution in [0.25, 0.3) is 0 Å². The molecule has 0 saturated heterocycles. The van der Waals surface area contributed by atoms with E-state index in [1.165, 1.54) is 38.5 Å². The molecule has 100 valence electrons. The molecule has 0 aromatic heterocycles. The normalized spacial score (nSPS) is 29.4. The Morgan fingerprint density at radius 2 is 2.06 bits per heavy atom. The minimum absolute atomic E-state index is 0.918. The molecule has 0 spiro atoms. The van der Waals surface area contributed by atoms with Gasteiger partial charge in [-0.25, -0.2) is 0 Å². The second-order valence-electron chi connectivity index (χ2n) is 6.32. The highest BCUT2D eigenvalue weighted by molar-refractivity contribution is 4.98. The van der Waals surface area contributed by atoms with Crippen LogP contribution in [0.1, 0.15) is 73.1 Å². The molecule has 17 heavy (non-hydrogen) atoms. The highest BCUT2D eigenvalue weighted by Crippen LogP contribution is 2.42. The lowest BCUT2D eigenvalue weighted by molar-refractivity contribution is 0.197. The monoisotopic (exact) mass is 236 g/mol. The largest absolute Gasteiger partial charge is 0.0887 e. The zero-order valence-corrected chi connectivity index (χ0v) is 12.6. The summed E-state index contributed by atoms with van der Waals surface area (Å²) in [5.41, 5.74) is 1.58. The molecule has 1 aliphatic carbocycles. The topological polar surface area (TPSA) is 0 Å². The van der Waals surface area contributed by atoms with Gasteiger partial charge in [-0.15, -0.1) is 0 Å². The van der Waals surface area contributed by atoms with Crippen molar-refractivity contribution in [1.82, 2.24) is 0 Å². The Balaban J connectivity index is 2.61. The number of rotatable bonds is 6. The lowest BCUT2D eigenvalue weighted by Gasteiger charge is -2.31.